The molecule has 1 N–H and O–H groups in total. The average Bonchev–Trinajstić information content (AvgIpc) is 2.83. The lowest BCUT2D eigenvalue weighted by atomic mass is 9.94. The van der Waals surface area contributed by atoms with Gasteiger partial charge in [-0.3, -0.25) is 4.79 Å². The number of rotatable bonds is 3. The van der Waals surface area contributed by atoms with Crippen molar-refractivity contribution < 1.29 is 4.79 Å². The number of ketones is 1. The van der Waals surface area contributed by atoms with Gasteiger partial charge in [-0.2, -0.15) is 0 Å². The van der Waals surface area contributed by atoms with Crippen molar-refractivity contribution in [1.29, 1.82) is 0 Å². The van der Waals surface area contributed by atoms with Crippen LogP contribution in [0.2, 0.25) is 0 Å². The van der Waals surface area contributed by atoms with Gasteiger partial charge >= 0.3 is 0 Å². The normalized spacial score (nSPS) is 17.0. The van der Waals surface area contributed by atoms with Gasteiger partial charge in [-0.1, -0.05) is 18.2 Å². The topological polar surface area (TPSA) is 54.9 Å². The quantitative estimate of drug-likeness (QED) is 0.835. The minimum atomic E-state index is 0.0964. The highest BCUT2D eigenvalue weighted by Gasteiger charge is 2.24. The lowest BCUT2D eigenvalue weighted by Crippen LogP contribution is -2.10. The Morgan fingerprint density at radius 1 is 1.28 bits per heavy atom. The fourth-order valence-corrected chi connectivity index (χ4v) is 2.32. The molecule has 18 heavy (non-hydrogen) atoms. The number of fused-ring (bicyclic) bond motifs is 1. The van der Waals surface area contributed by atoms with Gasteiger partial charge in [0, 0.05) is 37.0 Å². The van der Waals surface area contributed by atoms with Crippen LogP contribution in [0.5, 0.6) is 0 Å². The van der Waals surface area contributed by atoms with Gasteiger partial charge in [0.15, 0.2) is 5.78 Å². The maximum atomic E-state index is 12.1. The molecule has 0 spiro atoms. The zero-order valence-electron chi connectivity index (χ0n) is 9.84. The van der Waals surface area contributed by atoms with Crippen LogP contribution in [0, 0.1) is 0 Å². The highest BCUT2D eigenvalue weighted by atomic mass is 16.1. The Balaban J connectivity index is 1.77. The van der Waals surface area contributed by atoms with E-state index in [1.165, 1.54) is 11.9 Å². The third kappa shape index (κ3) is 1.97. The Morgan fingerprint density at radius 3 is 2.89 bits per heavy atom. The fourth-order valence-electron chi connectivity index (χ4n) is 2.32. The molecule has 90 valence electrons. The van der Waals surface area contributed by atoms with Crippen molar-refractivity contribution in [2.75, 3.05) is 11.9 Å². The predicted molar refractivity (Wildman–Crippen MR) is 68.7 cm³/mol. The predicted octanol–water partition coefficient (Wildman–Crippen LogP) is 2.26. The van der Waals surface area contributed by atoms with Crippen molar-refractivity contribution in [2.45, 2.75) is 12.3 Å². The molecular formula is C14H13N3O. The van der Waals surface area contributed by atoms with Crippen LogP contribution in [0.1, 0.15) is 28.3 Å². The summed E-state index contributed by atoms with van der Waals surface area (Å²) in [6.45, 7) is 0.818. The molecule has 4 nitrogen and oxygen atoms in total. The standard InChI is InChI=1S/C14H13N3O/c18-14(11-6-15-9-16-7-11)5-10-8-17-13-4-2-1-3-12(10)13/h1-4,6-7,9-10,17H,5,8H2. The van der Waals surface area contributed by atoms with Crippen LogP contribution >= 0.6 is 0 Å². The highest BCUT2D eigenvalue weighted by Crippen LogP contribution is 2.33. The molecule has 0 radical (unpaired) electrons. The van der Waals surface area contributed by atoms with E-state index in [4.69, 9.17) is 0 Å². The van der Waals surface area contributed by atoms with Gasteiger partial charge in [-0.15, -0.1) is 0 Å². The first-order valence-corrected chi connectivity index (χ1v) is 5.95. The monoisotopic (exact) mass is 239 g/mol. The van der Waals surface area contributed by atoms with E-state index >= 15 is 0 Å². The molecule has 1 aliphatic heterocycles. The van der Waals surface area contributed by atoms with Crippen molar-refractivity contribution in [3.8, 4) is 0 Å². The number of hydrogen-bond acceptors (Lipinski definition) is 4. The fraction of sp³-hybridized carbons (Fsp3) is 0.214. The molecule has 2 heterocycles. The molecular weight excluding hydrogens is 226 g/mol. The molecule has 1 aromatic heterocycles. The van der Waals surface area contributed by atoms with Crippen LogP contribution in [0.3, 0.4) is 0 Å². The Morgan fingerprint density at radius 2 is 2.06 bits per heavy atom. The molecule has 0 saturated carbocycles. The lowest BCUT2D eigenvalue weighted by Gasteiger charge is -2.08. The van der Waals surface area contributed by atoms with Gasteiger partial charge in [0.1, 0.15) is 6.33 Å². The molecule has 2 aromatic rings. The first-order valence-electron chi connectivity index (χ1n) is 5.95. The summed E-state index contributed by atoms with van der Waals surface area (Å²) in [5.74, 6) is 0.341. The summed E-state index contributed by atoms with van der Waals surface area (Å²) in [6.07, 6.45) is 5.08. The minimum absolute atomic E-state index is 0.0964. The second kappa shape index (κ2) is 4.56. The third-order valence-corrected chi connectivity index (χ3v) is 3.25. The van der Waals surface area contributed by atoms with E-state index in [-0.39, 0.29) is 11.7 Å². The van der Waals surface area contributed by atoms with Crippen LogP contribution in [-0.2, 0) is 0 Å². The maximum absolute atomic E-state index is 12.1. The molecule has 1 atom stereocenters. The summed E-state index contributed by atoms with van der Waals surface area (Å²) in [5.41, 5.74) is 2.95. The number of benzene rings is 1. The molecule has 1 aliphatic rings. The SMILES string of the molecule is O=C(CC1CNc2ccccc21)c1cncnc1. The molecule has 0 saturated heterocycles. The lowest BCUT2D eigenvalue weighted by molar-refractivity contribution is 0.0975. The van der Waals surface area contributed by atoms with Gasteiger partial charge < -0.3 is 5.32 Å². The molecule has 3 rings (SSSR count). The molecule has 0 fully saturated rings. The summed E-state index contributed by atoms with van der Waals surface area (Å²) in [4.78, 5) is 19.9. The van der Waals surface area contributed by atoms with E-state index in [0.717, 1.165) is 12.2 Å². The van der Waals surface area contributed by atoms with E-state index in [1.807, 2.05) is 18.2 Å². The number of carbonyl (C=O) groups is 1. The number of hydrogen-bond donors (Lipinski definition) is 1. The van der Waals surface area contributed by atoms with Gasteiger partial charge in [0.25, 0.3) is 0 Å². The van der Waals surface area contributed by atoms with Crippen LogP contribution < -0.4 is 5.32 Å². The second-order valence-corrected chi connectivity index (χ2v) is 4.42. The Hall–Kier alpha value is -2.23. The minimum Gasteiger partial charge on any atom is -0.384 e. The van der Waals surface area contributed by atoms with Crippen molar-refractivity contribution in [1.82, 2.24) is 9.97 Å². The Labute approximate surface area is 105 Å². The van der Waals surface area contributed by atoms with Crippen LogP contribution in [-0.4, -0.2) is 22.3 Å². The molecule has 1 aromatic carbocycles. The number of nitrogens with zero attached hydrogens (tertiary/aromatic N) is 2. The summed E-state index contributed by atoms with van der Waals surface area (Å²) >= 11 is 0. The Bertz CT molecular complexity index is 568. The molecule has 0 bridgehead atoms. The smallest absolute Gasteiger partial charge is 0.166 e. The first-order chi connectivity index (χ1) is 8.84. The van der Waals surface area contributed by atoms with E-state index < -0.39 is 0 Å². The van der Waals surface area contributed by atoms with Crippen LogP contribution in [0.15, 0.2) is 43.0 Å². The summed E-state index contributed by atoms with van der Waals surface area (Å²) in [7, 11) is 0. The van der Waals surface area contributed by atoms with E-state index in [0.29, 0.717) is 12.0 Å². The maximum Gasteiger partial charge on any atom is 0.166 e. The highest BCUT2D eigenvalue weighted by molar-refractivity contribution is 5.96. The zero-order valence-corrected chi connectivity index (χ0v) is 9.84. The summed E-state index contributed by atoms with van der Waals surface area (Å²) < 4.78 is 0. The zero-order chi connectivity index (χ0) is 12.4. The largest absolute Gasteiger partial charge is 0.384 e. The van der Waals surface area contributed by atoms with Gasteiger partial charge in [0.05, 0.1) is 5.56 Å². The van der Waals surface area contributed by atoms with Crippen LogP contribution in [0.25, 0.3) is 0 Å². The second-order valence-electron chi connectivity index (χ2n) is 4.42. The van der Waals surface area contributed by atoms with Gasteiger partial charge in [-0.05, 0) is 11.6 Å². The molecule has 4 heteroatoms. The third-order valence-electron chi connectivity index (χ3n) is 3.25. The number of nitrogens with one attached hydrogen (secondary N) is 1. The van der Waals surface area contributed by atoms with Crippen molar-refractivity contribution >= 4 is 11.5 Å². The molecule has 0 amide bonds. The number of Topliss-reactive ketones (excluding diaryl/α,β-unsaturated/α-hetero) is 1. The van der Waals surface area contributed by atoms with Crippen molar-refractivity contribution in [2.24, 2.45) is 0 Å². The van der Waals surface area contributed by atoms with E-state index in [1.54, 1.807) is 12.4 Å². The van der Waals surface area contributed by atoms with E-state index in [2.05, 4.69) is 21.4 Å². The van der Waals surface area contributed by atoms with E-state index in [9.17, 15) is 4.79 Å². The van der Waals surface area contributed by atoms with Crippen LogP contribution in [0.4, 0.5) is 5.69 Å². The van der Waals surface area contributed by atoms with Gasteiger partial charge in [0.2, 0.25) is 0 Å². The summed E-state index contributed by atoms with van der Waals surface area (Å²) in [5, 5.41) is 3.32. The molecule has 1 unspecified atom stereocenters. The number of aromatic nitrogens is 2. The number of anilines is 1. The number of para-hydroxylation sites is 1. The number of carbonyl (C=O) groups excluding carboxylic acids is 1. The van der Waals surface area contributed by atoms with Gasteiger partial charge in [-0.25, -0.2) is 9.97 Å². The first kappa shape index (κ1) is 10.9. The van der Waals surface area contributed by atoms with Crippen molar-refractivity contribution in [3.05, 3.63) is 54.1 Å². The molecule has 0 aliphatic carbocycles. The summed E-state index contributed by atoms with van der Waals surface area (Å²) in [6, 6.07) is 8.14. The Kier molecular flexibility index (Phi) is 2.76. The average molecular weight is 239 g/mol. The van der Waals surface area contributed by atoms with Crippen molar-refractivity contribution in [3.63, 3.8) is 0 Å².